The van der Waals surface area contributed by atoms with E-state index in [4.69, 9.17) is 0 Å². The number of sulfone groups is 1. The van der Waals surface area contributed by atoms with Crippen molar-refractivity contribution in [2.24, 2.45) is 5.41 Å². The predicted octanol–water partition coefficient (Wildman–Crippen LogP) is 0.400. The highest BCUT2D eigenvalue weighted by molar-refractivity contribution is 7.91. The lowest BCUT2D eigenvalue weighted by molar-refractivity contribution is -0.126. The number of carbonyl (C=O) groups excluding carboxylic acids is 1. The van der Waals surface area contributed by atoms with Crippen molar-refractivity contribution >= 4 is 15.6 Å². The average Bonchev–Trinajstić information content (AvgIpc) is 1.77. The molecule has 0 unspecified atom stereocenters. The molecule has 0 aromatic rings. The van der Waals surface area contributed by atoms with Crippen molar-refractivity contribution in [3.63, 3.8) is 0 Å². The third-order valence-corrected chi connectivity index (χ3v) is 3.96. The molecule has 0 amide bonds. The highest BCUT2D eigenvalue weighted by Crippen LogP contribution is 2.26. The van der Waals surface area contributed by atoms with Gasteiger partial charge in [0, 0.05) is 11.8 Å². The Balaban J connectivity index is 2.92. The summed E-state index contributed by atoms with van der Waals surface area (Å²) in [5, 5.41) is 0. The largest absolute Gasteiger partial charge is 0.299 e. The van der Waals surface area contributed by atoms with Crippen LogP contribution in [-0.4, -0.2) is 25.7 Å². The number of hydrogen-bond acceptors (Lipinski definition) is 3. The van der Waals surface area contributed by atoms with Crippen LogP contribution in [0.25, 0.3) is 0 Å². The molecule has 11 heavy (non-hydrogen) atoms. The highest BCUT2D eigenvalue weighted by Gasteiger charge is 2.37. The van der Waals surface area contributed by atoms with E-state index in [1.54, 1.807) is 13.8 Å². The Kier molecular flexibility index (Phi) is 1.82. The van der Waals surface area contributed by atoms with Gasteiger partial charge >= 0.3 is 0 Å². The normalized spacial score (nSPS) is 28.4. The van der Waals surface area contributed by atoms with Gasteiger partial charge in [0.1, 0.15) is 5.78 Å². The van der Waals surface area contributed by atoms with Crippen molar-refractivity contribution in [2.45, 2.75) is 20.3 Å². The zero-order valence-corrected chi connectivity index (χ0v) is 7.57. The van der Waals surface area contributed by atoms with Gasteiger partial charge < -0.3 is 0 Å². The second-order valence-electron chi connectivity index (χ2n) is 3.65. The van der Waals surface area contributed by atoms with Crippen molar-refractivity contribution in [3.05, 3.63) is 0 Å². The quantitative estimate of drug-likeness (QED) is 0.537. The standard InChI is InChI=1S/C7H12O3S/c1-7(2)5-11(9,10)4-3-6(7)8/h3-5H2,1-2H3. The minimum atomic E-state index is -2.94. The number of Topliss-reactive ketones (excluding diaryl/α,β-unsaturated/α-hetero) is 1. The van der Waals surface area contributed by atoms with E-state index in [0.717, 1.165) is 0 Å². The van der Waals surface area contributed by atoms with Gasteiger partial charge in [0.25, 0.3) is 0 Å². The van der Waals surface area contributed by atoms with E-state index < -0.39 is 15.3 Å². The Bertz CT molecular complexity index is 274. The molecule has 1 heterocycles. The van der Waals surface area contributed by atoms with E-state index >= 15 is 0 Å². The van der Waals surface area contributed by atoms with E-state index in [1.807, 2.05) is 0 Å². The van der Waals surface area contributed by atoms with E-state index in [-0.39, 0.29) is 23.7 Å². The van der Waals surface area contributed by atoms with Crippen LogP contribution in [0.1, 0.15) is 20.3 Å². The maximum atomic E-state index is 11.1. The van der Waals surface area contributed by atoms with Crippen molar-refractivity contribution < 1.29 is 13.2 Å². The summed E-state index contributed by atoms with van der Waals surface area (Å²) in [6.45, 7) is 3.37. The Hall–Kier alpha value is -0.380. The maximum Gasteiger partial charge on any atom is 0.151 e. The molecule has 0 aliphatic carbocycles. The zero-order chi connectivity index (χ0) is 8.70. The molecule has 1 aliphatic heterocycles. The van der Waals surface area contributed by atoms with Crippen molar-refractivity contribution in [1.29, 1.82) is 0 Å². The number of carbonyl (C=O) groups is 1. The highest BCUT2D eigenvalue weighted by atomic mass is 32.2. The summed E-state index contributed by atoms with van der Waals surface area (Å²) in [6, 6.07) is 0. The van der Waals surface area contributed by atoms with E-state index in [2.05, 4.69) is 0 Å². The second kappa shape index (κ2) is 2.30. The fourth-order valence-corrected chi connectivity index (χ4v) is 3.19. The molecule has 1 fully saturated rings. The average molecular weight is 176 g/mol. The molecule has 1 rings (SSSR count). The lowest BCUT2D eigenvalue weighted by Crippen LogP contribution is -2.39. The van der Waals surface area contributed by atoms with Crippen molar-refractivity contribution in [2.75, 3.05) is 11.5 Å². The van der Waals surface area contributed by atoms with Crippen LogP contribution in [0.15, 0.2) is 0 Å². The van der Waals surface area contributed by atoms with Crippen molar-refractivity contribution in [3.8, 4) is 0 Å². The van der Waals surface area contributed by atoms with Crippen LogP contribution >= 0.6 is 0 Å². The number of rotatable bonds is 0. The predicted molar refractivity (Wildman–Crippen MR) is 42.1 cm³/mol. The molecule has 0 bridgehead atoms. The first kappa shape index (κ1) is 8.71. The maximum absolute atomic E-state index is 11.1. The SMILES string of the molecule is CC1(C)CS(=O)(=O)CCC1=O. The summed E-state index contributed by atoms with van der Waals surface area (Å²) < 4.78 is 22.1. The fraction of sp³-hybridized carbons (Fsp3) is 0.857. The summed E-state index contributed by atoms with van der Waals surface area (Å²) in [5.74, 6) is 0.112. The van der Waals surface area contributed by atoms with Gasteiger partial charge in [-0.15, -0.1) is 0 Å². The topological polar surface area (TPSA) is 51.2 Å². The monoisotopic (exact) mass is 176 g/mol. The summed E-state index contributed by atoms with van der Waals surface area (Å²) in [5.41, 5.74) is -0.656. The third-order valence-electron chi connectivity index (χ3n) is 1.98. The van der Waals surface area contributed by atoms with Crippen molar-refractivity contribution in [1.82, 2.24) is 0 Å². The summed E-state index contributed by atoms with van der Waals surface area (Å²) in [6.07, 6.45) is 0.190. The van der Waals surface area contributed by atoms with Gasteiger partial charge in [0.15, 0.2) is 9.84 Å². The van der Waals surface area contributed by atoms with Gasteiger partial charge in [0.2, 0.25) is 0 Å². The zero-order valence-electron chi connectivity index (χ0n) is 6.75. The molecular formula is C7H12O3S. The first-order valence-electron chi connectivity index (χ1n) is 3.57. The molecule has 0 aromatic heterocycles. The van der Waals surface area contributed by atoms with Crippen LogP contribution in [0, 0.1) is 5.41 Å². The minimum absolute atomic E-state index is 0.0127. The first-order valence-corrected chi connectivity index (χ1v) is 5.39. The van der Waals surface area contributed by atoms with E-state index in [9.17, 15) is 13.2 Å². The van der Waals surface area contributed by atoms with Gasteiger partial charge in [-0.3, -0.25) is 4.79 Å². The van der Waals surface area contributed by atoms with Crippen LogP contribution in [0.4, 0.5) is 0 Å². The first-order chi connectivity index (χ1) is 4.83. The lowest BCUT2D eigenvalue weighted by Gasteiger charge is -2.26. The van der Waals surface area contributed by atoms with E-state index in [1.165, 1.54) is 0 Å². The molecule has 0 aromatic carbocycles. The van der Waals surface area contributed by atoms with Gasteiger partial charge in [0.05, 0.1) is 11.5 Å². The van der Waals surface area contributed by atoms with Crippen LogP contribution in [0.2, 0.25) is 0 Å². The lowest BCUT2D eigenvalue weighted by atomic mass is 9.89. The molecule has 0 saturated carbocycles. The Morgan fingerprint density at radius 1 is 1.36 bits per heavy atom. The minimum Gasteiger partial charge on any atom is -0.299 e. The smallest absolute Gasteiger partial charge is 0.151 e. The third kappa shape index (κ3) is 1.80. The summed E-state index contributed by atoms with van der Waals surface area (Å²) in [4.78, 5) is 11.1. The summed E-state index contributed by atoms with van der Waals surface area (Å²) in [7, 11) is -2.94. The Labute approximate surface area is 66.7 Å². The molecule has 1 aliphatic rings. The van der Waals surface area contributed by atoms with Gasteiger partial charge in [-0.05, 0) is 0 Å². The summed E-state index contributed by atoms with van der Waals surface area (Å²) >= 11 is 0. The second-order valence-corrected chi connectivity index (χ2v) is 5.83. The molecule has 3 nitrogen and oxygen atoms in total. The number of ketones is 1. The molecular weight excluding hydrogens is 164 g/mol. The fourth-order valence-electron chi connectivity index (χ4n) is 1.29. The molecule has 0 spiro atoms. The van der Waals surface area contributed by atoms with Crippen LogP contribution in [0.5, 0.6) is 0 Å². The number of hydrogen-bond donors (Lipinski definition) is 0. The molecule has 64 valence electrons. The molecule has 0 N–H and O–H groups in total. The van der Waals surface area contributed by atoms with Crippen LogP contribution in [0.3, 0.4) is 0 Å². The van der Waals surface area contributed by atoms with E-state index in [0.29, 0.717) is 0 Å². The Morgan fingerprint density at radius 3 is 2.27 bits per heavy atom. The van der Waals surface area contributed by atoms with Crippen LogP contribution < -0.4 is 0 Å². The Morgan fingerprint density at radius 2 is 1.91 bits per heavy atom. The van der Waals surface area contributed by atoms with Gasteiger partial charge in [-0.2, -0.15) is 0 Å². The van der Waals surface area contributed by atoms with Gasteiger partial charge in [-0.25, -0.2) is 8.42 Å². The van der Waals surface area contributed by atoms with Crippen LogP contribution in [-0.2, 0) is 14.6 Å². The van der Waals surface area contributed by atoms with Gasteiger partial charge in [-0.1, -0.05) is 13.8 Å². The molecule has 0 radical (unpaired) electrons. The molecule has 0 atom stereocenters. The molecule has 4 heteroatoms. The molecule has 1 saturated heterocycles.